The standard InChI is InChI=1S/C13H11FN2O4S/c1-8-2-5-12(15-7-8)16-21(19,20)11-4-3-9(13(17)18)6-10(11)14/h2-7H,1H3,(H,15,16)(H,17,18). The molecule has 0 aliphatic rings. The van der Waals surface area contributed by atoms with Gasteiger partial charge in [-0.05, 0) is 36.8 Å². The minimum absolute atomic E-state index is 0.0438. The van der Waals surface area contributed by atoms with E-state index in [1.165, 1.54) is 12.3 Å². The van der Waals surface area contributed by atoms with Gasteiger partial charge in [-0.25, -0.2) is 22.6 Å². The minimum atomic E-state index is -4.18. The van der Waals surface area contributed by atoms with Crippen LogP contribution in [0.4, 0.5) is 10.2 Å². The van der Waals surface area contributed by atoms with Crippen LogP contribution >= 0.6 is 0 Å². The fraction of sp³-hybridized carbons (Fsp3) is 0.0769. The number of aromatic carboxylic acids is 1. The molecular formula is C13H11FN2O4S. The number of carboxylic acids is 1. The van der Waals surface area contributed by atoms with E-state index in [0.717, 1.165) is 17.7 Å². The fourth-order valence-corrected chi connectivity index (χ4v) is 2.64. The highest BCUT2D eigenvalue weighted by Crippen LogP contribution is 2.19. The molecule has 0 amide bonds. The van der Waals surface area contributed by atoms with E-state index in [0.29, 0.717) is 6.07 Å². The average molecular weight is 310 g/mol. The van der Waals surface area contributed by atoms with Gasteiger partial charge in [-0.2, -0.15) is 0 Å². The SMILES string of the molecule is Cc1ccc(NS(=O)(=O)c2ccc(C(=O)O)cc2F)nc1. The molecule has 6 nitrogen and oxygen atoms in total. The monoisotopic (exact) mass is 310 g/mol. The molecule has 0 saturated heterocycles. The molecule has 2 rings (SSSR count). The van der Waals surface area contributed by atoms with Crippen molar-refractivity contribution in [2.45, 2.75) is 11.8 Å². The van der Waals surface area contributed by atoms with Gasteiger partial charge in [0.1, 0.15) is 16.5 Å². The Bertz CT molecular complexity index is 788. The van der Waals surface area contributed by atoms with Crippen molar-refractivity contribution in [3.63, 3.8) is 0 Å². The van der Waals surface area contributed by atoms with E-state index in [4.69, 9.17) is 5.11 Å². The third kappa shape index (κ3) is 3.34. The Labute approximate surface area is 120 Å². The van der Waals surface area contributed by atoms with Crippen LogP contribution in [0.5, 0.6) is 0 Å². The number of nitrogens with zero attached hydrogens (tertiary/aromatic N) is 1. The topological polar surface area (TPSA) is 96.4 Å². The van der Waals surface area contributed by atoms with Gasteiger partial charge in [0.2, 0.25) is 0 Å². The highest BCUT2D eigenvalue weighted by atomic mass is 32.2. The lowest BCUT2D eigenvalue weighted by atomic mass is 10.2. The van der Waals surface area contributed by atoms with Gasteiger partial charge in [-0.15, -0.1) is 0 Å². The Kier molecular flexibility index (Phi) is 3.90. The Hall–Kier alpha value is -2.48. The summed E-state index contributed by atoms with van der Waals surface area (Å²) in [4.78, 5) is 13.9. The van der Waals surface area contributed by atoms with Crippen LogP contribution in [-0.2, 0) is 10.0 Å². The number of hydrogen-bond donors (Lipinski definition) is 2. The first-order valence-electron chi connectivity index (χ1n) is 5.78. The molecule has 2 aromatic rings. The van der Waals surface area contributed by atoms with E-state index in [9.17, 15) is 17.6 Å². The van der Waals surface area contributed by atoms with Gasteiger partial charge in [-0.3, -0.25) is 4.72 Å². The molecule has 0 aliphatic carbocycles. The van der Waals surface area contributed by atoms with Crippen LogP contribution in [0.2, 0.25) is 0 Å². The van der Waals surface area contributed by atoms with Gasteiger partial charge >= 0.3 is 5.97 Å². The van der Waals surface area contributed by atoms with Crippen molar-refractivity contribution in [2.24, 2.45) is 0 Å². The van der Waals surface area contributed by atoms with Crippen LogP contribution in [0.1, 0.15) is 15.9 Å². The lowest BCUT2D eigenvalue weighted by molar-refractivity contribution is 0.0696. The van der Waals surface area contributed by atoms with Crippen molar-refractivity contribution in [3.8, 4) is 0 Å². The summed E-state index contributed by atoms with van der Waals surface area (Å²) in [5, 5.41) is 8.72. The number of rotatable bonds is 4. The number of aromatic nitrogens is 1. The summed E-state index contributed by atoms with van der Waals surface area (Å²) >= 11 is 0. The van der Waals surface area contributed by atoms with Crippen molar-refractivity contribution < 1.29 is 22.7 Å². The highest BCUT2D eigenvalue weighted by molar-refractivity contribution is 7.92. The number of carboxylic acid groups (broad SMARTS) is 1. The number of sulfonamides is 1. The molecule has 0 bridgehead atoms. The molecule has 0 radical (unpaired) electrons. The molecule has 0 atom stereocenters. The van der Waals surface area contributed by atoms with E-state index < -0.39 is 26.7 Å². The second-order valence-corrected chi connectivity index (χ2v) is 5.93. The first-order valence-corrected chi connectivity index (χ1v) is 7.26. The normalized spacial score (nSPS) is 11.1. The molecule has 0 unspecified atom stereocenters. The Morgan fingerprint density at radius 3 is 2.52 bits per heavy atom. The van der Waals surface area contributed by atoms with Gasteiger partial charge < -0.3 is 5.11 Å². The first kappa shape index (κ1) is 14.9. The van der Waals surface area contributed by atoms with E-state index in [2.05, 4.69) is 9.71 Å². The molecule has 8 heteroatoms. The van der Waals surface area contributed by atoms with Crippen LogP contribution in [-0.4, -0.2) is 24.5 Å². The third-order valence-electron chi connectivity index (χ3n) is 2.62. The van der Waals surface area contributed by atoms with Crippen LogP contribution < -0.4 is 4.72 Å². The van der Waals surface area contributed by atoms with Crippen molar-refractivity contribution in [1.82, 2.24) is 4.98 Å². The number of hydrogen-bond acceptors (Lipinski definition) is 4. The van der Waals surface area contributed by atoms with Crippen LogP contribution in [0, 0.1) is 12.7 Å². The van der Waals surface area contributed by atoms with E-state index in [1.54, 1.807) is 13.0 Å². The molecule has 0 fully saturated rings. The maximum absolute atomic E-state index is 13.8. The van der Waals surface area contributed by atoms with Crippen LogP contribution in [0.25, 0.3) is 0 Å². The summed E-state index contributed by atoms with van der Waals surface area (Å²) < 4.78 is 40.0. The zero-order valence-electron chi connectivity index (χ0n) is 10.9. The Morgan fingerprint density at radius 1 is 1.29 bits per heavy atom. The lowest BCUT2D eigenvalue weighted by Gasteiger charge is -2.08. The number of pyridine rings is 1. The molecule has 21 heavy (non-hydrogen) atoms. The maximum atomic E-state index is 13.8. The van der Waals surface area contributed by atoms with Gasteiger partial charge in [0.05, 0.1) is 5.56 Å². The van der Waals surface area contributed by atoms with Crippen molar-refractivity contribution in [3.05, 3.63) is 53.5 Å². The second-order valence-electron chi connectivity index (χ2n) is 4.28. The van der Waals surface area contributed by atoms with E-state index in [-0.39, 0.29) is 11.4 Å². The molecule has 0 aliphatic heterocycles. The van der Waals surface area contributed by atoms with Gasteiger partial charge in [0.25, 0.3) is 10.0 Å². The predicted octanol–water partition coefficient (Wildman–Crippen LogP) is 2.03. The number of aryl methyl sites for hydroxylation is 1. The molecule has 1 aromatic carbocycles. The zero-order valence-corrected chi connectivity index (χ0v) is 11.7. The lowest BCUT2D eigenvalue weighted by Crippen LogP contribution is -2.16. The molecule has 1 heterocycles. The highest BCUT2D eigenvalue weighted by Gasteiger charge is 2.21. The largest absolute Gasteiger partial charge is 0.478 e. The zero-order chi connectivity index (χ0) is 15.6. The molecular weight excluding hydrogens is 299 g/mol. The van der Waals surface area contributed by atoms with E-state index >= 15 is 0 Å². The Morgan fingerprint density at radius 2 is 2.00 bits per heavy atom. The molecule has 0 spiro atoms. The van der Waals surface area contributed by atoms with Crippen molar-refractivity contribution in [2.75, 3.05) is 4.72 Å². The van der Waals surface area contributed by atoms with Crippen molar-refractivity contribution in [1.29, 1.82) is 0 Å². The van der Waals surface area contributed by atoms with Crippen LogP contribution in [0.15, 0.2) is 41.4 Å². The summed E-state index contributed by atoms with van der Waals surface area (Å²) in [5.74, 6) is -2.44. The number of benzene rings is 1. The van der Waals surface area contributed by atoms with Gasteiger partial charge in [-0.1, -0.05) is 6.07 Å². The molecule has 110 valence electrons. The Balaban J connectivity index is 2.35. The predicted molar refractivity (Wildman–Crippen MR) is 73.1 cm³/mol. The second kappa shape index (κ2) is 5.49. The van der Waals surface area contributed by atoms with Crippen molar-refractivity contribution >= 4 is 21.8 Å². The molecule has 1 aromatic heterocycles. The third-order valence-corrected chi connectivity index (χ3v) is 4.01. The van der Waals surface area contributed by atoms with Gasteiger partial charge in [0, 0.05) is 6.20 Å². The quantitative estimate of drug-likeness (QED) is 0.900. The first-order chi connectivity index (χ1) is 9.79. The molecule has 2 N–H and O–H groups in total. The summed E-state index contributed by atoms with van der Waals surface area (Å²) in [6.45, 7) is 1.79. The smallest absolute Gasteiger partial charge is 0.335 e. The maximum Gasteiger partial charge on any atom is 0.335 e. The fourth-order valence-electron chi connectivity index (χ4n) is 1.57. The summed E-state index contributed by atoms with van der Waals surface area (Å²) in [7, 11) is -4.18. The van der Waals surface area contributed by atoms with E-state index in [1.807, 2.05) is 0 Å². The molecule has 0 saturated carbocycles. The average Bonchev–Trinajstić information content (AvgIpc) is 2.40. The number of halogens is 1. The minimum Gasteiger partial charge on any atom is -0.478 e. The van der Waals surface area contributed by atoms with Gasteiger partial charge in [0.15, 0.2) is 0 Å². The summed E-state index contributed by atoms with van der Waals surface area (Å²) in [5.41, 5.74) is 0.509. The summed E-state index contributed by atoms with van der Waals surface area (Å²) in [6.07, 6.45) is 1.46. The number of nitrogens with one attached hydrogen (secondary N) is 1. The summed E-state index contributed by atoms with van der Waals surface area (Å²) in [6, 6.07) is 5.66. The van der Waals surface area contributed by atoms with Crippen LogP contribution in [0.3, 0.4) is 0 Å². The number of anilines is 1. The number of carbonyl (C=O) groups is 1.